The molecule has 0 aromatic heterocycles. The number of nitrogens with zero attached hydrogens (tertiary/aromatic N) is 1. The fourth-order valence-electron chi connectivity index (χ4n) is 5.69. The van der Waals surface area contributed by atoms with Crippen LogP contribution in [0, 0.1) is 11.8 Å². The van der Waals surface area contributed by atoms with Crippen LogP contribution in [-0.4, -0.2) is 43.2 Å². The summed E-state index contributed by atoms with van der Waals surface area (Å²) in [7, 11) is 2.91. The third-order valence-electron chi connectivity index (χ3n) is 7.34. The molecule has 1 aliphatic carbocycles. The van der Waals surface area contributed by atoms with Crippen LogP contribution in [0.2, 0.25) is 5.02 Å². The van der Waals surface area contributed by atoms with Crippen molar-refractivity contribution < 1.29 is 33.4 Å². The van der Waals surface area contributed by atoms with Crippen molar-refractivity contribution in [2.24, 2.45) is 11.8 Å². The first-order valence-electron chi connectivity index (χ1n) is 11.5. The predicted octanol–water partition coefficient (Wildman–Crippen LogP) is 4.05. The number of anilines is 1. The molecule has 0 radical (unpaired) electrons. The first-order valence-corrected chi connectivity index (χ1v) is 11.9. The van der Waals surface area contributed by atoms with Gasteiger partial charge < -0.3 is 14.2 Å². The van der Waals surface area contributed by atoms with E-state index in [1.54, 1.807) is 48.5 Å². The number of hydrogen-bond donors (Lipinski definition) is 0. The van der Waals surface area contributed by atoms with Gasteiger partial charge in [0.15, 0.2) is 11.5 Å². The third kappa shape index (κ3) is 3.06. The van der Waals surface area contributed by atoms with Gasteiger partial charge in [-0.15, -0.1) is 0 Å². The summed E-state index contributed by atoms with van der Waals surface area (Å²) in [5.41, 5.74) is -1.03. The molecule has 2 fully saturated rings. The monoisotopic (exact) mass is 517 g/mol. The van der Waals surface area contributed by atoms with E-state index in [9.17, 15) is 19.2 Å². The van der Waals surface area contributed by atoms with E-state index >= 15 is 0 Å². The standard InChI is InChI=1S/C28H20ClNO7/c1-35-19-12-11-16(13-20(19)36-2)30-26(33)21-22(27(30)34)28(37-23(21)14-7-9-15(29)10-8-14)24(31)17-5-3-4-6-18(17)25(28)32/h3-13,21-23H,1-2H3/t21-,22+,23+/m1/s1. The topological polar surface area (TPSA) is 99.2 Å². The Kier molecular flexibility index (Phi) is 5.22. The number of methoxy groups -OCH3 is 2. The molecule has 2 saturated heterocycles. The highest BCUT2D eigenvalue weighted by Crippen LogP contribution is 2.58. The zero-order valence-electron chi connectivity index (χ0n) is 19.8. The van der Waals surface area contributed by atoms with E-state index in [1.807, 2.05) is 0 Å². The highest BCUT2D eigenvalue weighted by atomic mass is 35.5. The molecule has 2 aliphatic heterocycles. The van der Waals surface area contributed by atoms with Gasteiger partial charge in [0.2, 0.25) is 29.0 Å². The number of hydrogen-bond acceptors (Lipinski definition) is 7. The Hall–Kier alpha value is -4.01. The van der Waals surface area contributed by atoms with Gasteiger partial charge >= 0.3 is 0 Å². The molecule has 1 spiro atoms. The first kappa shape index (κ1) is 23.4. The minimum atomic E-state index is -2.14. The number of ketones is 2. The van der Waals surface area contributed by atoms with Crippen molar-refractivity contribution in [2.75, 3.05) is 19.1 Å². The summed E-state index contributed by atoms with van der Waals surface area (Å²) in [6.45, 7) is 0. The van der Waals surface area contributed by atoms with E-state index in [0.29, 0.717) is 22.1 Å². The van der Waals surface area contributed by atoms with E-state index in [-0.39, 0.29) is 16.8 Å². The summed E-state index contributed by atoms with van der Waals surface area (Å²) in [6, 6.07) is 17.6. The number of halogens is 1. The normalized spacial score (nSPS) is 23.5. The number of ether oxygens (including phenoxy) is 3. The van der Waals surface area contributed by atoms with Crippen molar-refractivity contribution in [3.63, 3.8) is 0 Å². The van der Waals surface area contributed by atoms with E-state index in [4.69, 9.17) is 25.8 Å². The molecule has 2 heterocycles. The Balaban J connectivity index is 1.52. The van der Waals surface area contributed by atoms with Crippen molar-refractivity contribution in [2.45, 2.75) is 11.7 Å². The molecule has 3 aromatic carbocycles. The smallest absolute Gasteiger partial charge is 0.241 e. The molecule has 0 saturated carbocycles. The predicted molar refractivity (Wildman–Crippen MR) is 132 cm³/mol. The van der Waals surface area contributed by atoms with Crippen LogP contribution in [0.15, 0.2) is 66.7 Å². The van der Waals surface area contributed by atoms with Gasteiger partial charge in [0.05, 0.1) is 37.8 Å². The molecule has 2 amide bonds. The van der Waals surface area contributed by atoms with Crippen LogP contribution in [0.3, 0.4) is 0 Å². The van der Waals surface area contributed by atoms with E-state index in [1.165, 1.54) is 32.4 Å². The average Bonchev–Trinajstić information content (AvgIpc) is 3.48. The van der Waals surface area contributed by atoms with Gasteiger partial charge in [-0.25, -0.2) is 4.90 Å². The van der Waals surface area contributed by atoms with Gasteiger partial charge in [-0.3, -0.25) is 19.2 Å². The second-order valence-corrected chi connectivity index (χ2v) is 9.52. The molecule has 9 heteroatoms. The number of carbonyl (C=O) groups is 4. The van der Waals surface area contributed by atoms with Gasteiger partial charge in [0.25, 0.3) is 0 Å². The third-order valence-corrected chi connectivity index (χ3v) is 7.59. The second-order valence-electron chi connectivity index (χ2n) is 9.08. The maximum atomic E-state index is 14.0. The van der Waals surface area contributed by atoms with Crippen LogP contribution in [0.1, 0.15) is 32.4 Å². The molecule has 0 N–H and O–H groups in total. The molecule has 37 heavy (non-hydrogen) atoms. The number of fused-ring (bicyclic) bond motifs is 3. The summed E-state index contributed by atoms with van der Waals surface area (Å²) in [4.78, 5) is 56.6. The van der Waals surface area contributed by atoms with Gasteiger partial charge in [-0.2, -0.15) is 0 Å². The van der Waals surface area contributed by atoms with Crippen molar-refractivity contribution >= 4 is 40.7 Å². The minimum Gasteiger partial charge on any atom is -0.493 e. The fourth-order valence-corrected chi connectivity index (χ4v) is 5.82. The van der Waals surface area contributed by atoms with E-state index in [2.05, 4.69) is 0 Å². The molecule has 8 nitrogen and oxygen atoms in total. The summed E-state index contributed by atoms with van der Waals surface area (Å²) in [5, 5.41) is 0.467. The highest BCUT2D eigenvalue weighted by Gasteiger charge is 2.74. The van der Waals surface area contributed by atoms with E-state index < -0.39 is 46.9 Å². The van der Waals surface area contributed by atoms with Gasteiger partial charge in [-0.05, 0) is 29.8 Å². The maximum absolute atomic E-state index is 14.0. The summed E-state index contributed by atoms with van der Waals surface area (Å²) < 4.78 is 16.9. The SMILES string of the molecule is COc1ccc(N2C(=O)[C@@H]3[C@@H](C2=O)C2(O[C@H]3c3ccc(Cl)cc3)C(=O)c3ccccc3C2=O)cc1OC. The minimum absolute atomic E-state index is 0.174. The summed E-state index contributed by atoms with van der Waals surface area (Å²) in [5.74, 6) is -4.21. The van der Waals surface area contributed by atoms with Crippen LogP contribution in [0.25, 0.3) is 0 Å². The largest absolute Gasteiger partial charge is 0.493 e. The Morgan fingerprint density at radius 2 is 1.43 bits per heavy atom. The number of amides is 2. The molecule has 0 bridgehead atoms. The van der Waals surface area contributed by atoms with Crippen LogP contribution in [0.5, 0.6) is 11.5 Å². The maximum Gasteiger partial charge on any atom is 0.241 e. The van der Waals surface area contributed by atoms with Crippen molar-refractivity contribution in [3.8, 4) is 11.5 Å². The summed E-state index contributed by atoms with van der Waals surface area (Å²) >= 11 is 6.07. The summed E-state index contributed by atoms with van der Waals surface area (Å²) in [6.07, 6.45) is -1.02. The van der Waals surface area contributed by atoms with Crippen LogP contribution in [-0.2, 0) is 14.3 Å². The van der Waals surface area contributed by atoms with Crippen molar-refractivity contribution in [3.05, 3.63) is 88.4 Å². The number of carbonyl (C=O) groups excluding carboxylic acids is 4. The second kappa shape index (κ2) is 8.26. The van der Waals surface area contributed by atoms with Crippen molar-refractivity contribution in [1.82, 2.24) is 0 Å². The lowest BCUT2D eigenvalue weighted by Gasteiger charge is -2.27. The highest BCUT2D eigenvalue weighted by molar-refractivity contribution is 6.37. The Labute approximate surface area is 216 Å². The average molecular weight is 518 g/mol. The lowest BCUT2D eigenvalue weighted by Crippen LogP contribution is -2.51. The Morgan fingerprint density at radius 1 is 0.811 bits per heavy atom. The Morgan fingerprint density at radius 3 is 2.03 bits per heavy atom. The van der Waals surface area contributed by atoms with Crippen molar-refractivity contribution in [1.29, 1.82) is 0 Å². The van der Waals surface area contributed by atoms with Crippen LogP contribution >= 0.6 is 11.6 Å². The number of rotatable bonds is 4. The molecule has 6 rings (SSSR count). The fraction of sp³-hybridized carbons (Fsp3) is 0.214. The first-order chi connectivity index (χ1) is 17.8. The zero-order valence-corrected chi connectivity index (χ0v) is 20.5. The van der Waals surface area contributed by atoms with Gasteiger partial charge in [0, 0.05) is 22.2 Å². The molecular formula is C28H20ClNO7. The van der Waals surface area contributed by atoms with Crippen LogP contribution < -0.4 is 14.4 Å². The Bertz CT molecular complexity index is 1460. The van der Waals surface area contributed by atoms with Gasteiger partial charge in [0.1, 0.15) is 0 Å². The molecular weight excluding hydrogens is 498 g/mol. The van der Waals surface area contributed by atoms with Crippen LogP contribution in [0.4, 0.5) is 5.69 Å². The zero-order chi connectivity index (χ0) is 26.1. The number of Topliss-reactive ketones (excluding diaryl/α,β-unsaturated/α-hetero) is 2. The van der Waals surface area contributed by atoms with E-state index in [0.717, 1.165) is 4.90 Å². The molecule has 3 aliphatic rings. The molecule has 0 unspecified atom stereocenters. The molecule has 3 aromatic rings. The molecule has 3 atom stereocenters. The molecule has 186 valence electrons. The quantitative estimate of drug-likeness (QED) is 0.380. The number of benzene rings is 3. The number of imide groups is 1. The van der Waals surface area contributed by atoms with Gasteiger partial charge in [-0.1, -0.05) is 48.0 Å². The lowest BCUT2D eigenvalue weighted by atomic mass is 9.77. The lowest BCUT2D eigenvalue weighted by molar-refractivity contribution is -0.127.